The number of methoxy groups -OCH3 is 1. The van der Waals surface area contributed by atoms with Gasteiger partial charge in [0, 0.05) is 17.1 Å². The monoisotopic (exact) mass is 485 g/mol. The van der Waals surface area contributed by atoms with E-state index in [1.54, 1.807) is 34.8 Å². The van der Waals surface area contributed by atoms with Gasteiger partial charge in [-0.25, -0.2) is 17.9 Å². The predicted molar refractivity (Wildman–Crippen MR) is 126 cm³/mol. The molecule has 0 unspecified atom stereocenters. The van der Waals surface area contributed by atoms with E-state index in [9.17, 15) is 13.2 Å². The van der Waals surface area contributed by atoms with Crippen molar-refractivity contribution in [3.05, 3.63) is 76.7 Å². The Morgan fingerprint density at radius 2 is 1.88 bits per heavy atom. The molecule has 9 nitrogen and oxygen atoms in total. The van der Waals surface area contributed by atoms with Crippen molar-refractivity contribution in [3.63, 3.8) is 0 Å². The highest BCUT2D eigenvalue weighted by Crippen LogP contribution is 2.31. The molecule has 11 heteroatoms. The van der Waals surface area contributed by atoms with E-state index in [-0.39, 0.29) is 32.6 Å². The maximum atomic E-state index is 13.1. The molecule has 0 atom stereocenters. The highest BCUT2D eigenvalue weighted by Gasteiger charge is 2.23. The second-order valence-corrected chi connectivity index (χ2v) is 9.30. The third-order valence-corrected chi connectivity index (χ3v) is 6.57. The molecule has 0 aliphatic heterocycles. The first-order valence-electron chi connectivity index (χ1n) is 9.78. The van der Waals surface area contributed by atoms with Gasteiger partial charge in [0.05, 0.1) is 24.0 Å². The number of halogens is 1. The van der Waals surface area contributed by atoms with Crippen molar-refractivity contribution in [1.82, 2.24) is 14.6 Å². The lowest BCUT2D eigenvalue weighted by atomic mass is 10.2. The molecule has 1 amide bonds. The first-order chi connectivity index (χ1) is 15.7. The van der Waals surface area contributed by atoms with Crippen molar-refractivity contribution in [3.8, 4) is 5.75 Å². The molecule has 0 aliphatic carbocycles. The summed E-state index contributed by atoms with van der Waals surface area (Å²) in [6.45, 7) is 3.69. The molecule has 0 bridgehead atoms. The molecule has 4 rings (SSSR count). The van der Waals surface area contributed by atoms with E-state index >= 15 is 0 Å². The van der Waals surface area contributed by atoms with Gasteiger partial charge in [0.2, 0.25) is 0 Å². The third-order valence-electron chi connectivity index (χ3n) is 4.85. The van der Waals surface area contributed by atoms with E-state index < -0.39 is 15.9 Å². The van der Waals surface area contributed by atoms with Crippen molar-refractivity contribution in [1.29, 1.82) is 0 Å². The zero-order chi connectivity index (χ0) is 23.8. The molecule has 4 aromatic rings. The Kier molecular flexibility index (Phi) is 5.96. The van der Waals surface area contributed by atoms with Crippen LogP contribution in [0.3, 0.4) is 0 Å². The number of hydrogen-bond donors (Lipinski definition) is 2. The molecule has 0 radical (unpaired) electrons. The third kappa shape index (κ3) is 4.48. The number of rotatable bonds is 6. The number of nitrogens with zero attached hydrogens (tertiary/aromatic N) is 3. The van der Waals surface area contributed by atoms with Gasteiger partial charge in [0.25, 0.3) is 15.9 Å². The summed E-state index contributed by atoms with van der Waals surface area (Å²) in [5, 5.41) is 7.17. The lowest BCUT2D eigenvalue weighted by Gasteiger charge is -2.14. The maximum Gasteiger partial charge on any atom is 0.265 e. The second-order valence-electron chi connectivity index (χ2n) is 7.24. The molecule has 33 heavy (non-hydrogen) atoms. The van der Waals surface area contributed by atoms with Gasteiger partial charge in [-0.2, -0.15) is 5.10 Å². The number of aryl methyl sites for hydroxylation is 2. The van der Waals surface area contributed by atoms with E-state index in [1.807, 2.05) is 19.9 Å². The molecule has 2 heterocycles. The Balaban J connectivity index is 1.67. The molecule has 2 aromatic heterocycles. The van der Waals surface area contributed by atoms with Crippen molar-refractivity contribution in [2.45, 2.75) is 18.7 Å². The number of para-hydroxylation sites is 1. The van der Waals surface area contributed by atoms with Crippen LogP contribution in [-0.4, -0.2) is 36.0 Å². The van der Waals surface area contributed by atoms with E-state index in [2.05, 4.69) is 20.1 Å². The number of aromatic nitrogens is 3. The minimum Gasteiger partial charge on any atom is -0.495 e. The van der Waals surface area contributed by atoms with Crippen LogP contribution in [-0.2, 0) is 10.0 Å². The highest BCUT2D eigenvalue weighted by atomic mass is 35.5. The first kappa shape index (κ1) is 22.6. The molecule has 0 saturated heterocycles. The number of sulfonamides is 1. The normalized spacial score (nSPS) is 11.4. The van der Waals surface area contributed by atoms with E-state index in [0.717, 1.165) is 11.4 Å². The number of nitrogens with one attached hydrogen (secondary N) is 2. The number of benzene rings is 2. The summed E-state index contributed by atoms with van der Waals surface area (Å²) in [7, 11) is -2.72. The Labute approximate surface area is 195 Å². The number of carbonyl (C=O) groups is 1. The molecule has 0 aliphatic rings. The fourth-order valence-corrected chi connectivity index (χ4v) is 4.85. The lowest BCUT2D eigenvalue weighted by Crippen LogP contribution is -2.16. The van der Waals surface area contributed by atoms with Crippen LogP contribution in [0.5, 0.6) is 5.75 Å². The Bertz CT molecular complexity index is 1480. The van der Waals surface area contributed by atoms with Gasteiger partial charge in [-0.05, 0) is 50.2 Å². The molecule has 0 spiro atoms. The van der Waals surface area contributed by atoms with Crippen molar-refractivity contribution >= 4 is 44.6 Å². The number of ether oxygens (including phenoxy) is 1. The predicted octanol–water partition coefficient (Wildman–Crippen LogP) is 4.06. The van der Waals surface area contributed by atoms with Crippen LogP contribution in [0, 0.1) is 13.8 Å². The van der Waals surface area contributed by atoms with Gasteiger partial charge in [-0.3, -0.25) is 9.52 Å². The van der Waals surface area contributed by atoms with E-state index in [1.165, 1.54) is 25.4 Å². The lowest BCUT2D eigenvalue weighted by molar-refractivity contribution is 0.102. The van der Waals surface area contributed by atoms with Crippen LogP contribution < -0.4 is 14.8 Å². The van der Waals surface area contributed by atoms with Crippen molar-refractivity contribution < 1.29 is 17.9 Å². The van der Waals surface area contributed by atoms with E-state index in [4.69, 9.17) is 16.3 Å². The maximum absolute atomic E-state index is 13.1. The summed E-state index contributed by atoms with van der Waals surface area (Å²) in [6, 6.07) is 12.6. The second kappa shape index (κ2) is 8.72. The molecule has 2 N–H and O–H groups in total. The van der Waals surface area contributed by atoms with Crippen LogP contribution in [0.1, 0.15) is 21.7 Å². The fraction of sp³-hybridized carbons (Fsp3) is 0.136. The largest absolute Gasteiger partial charge is 0.495 e. The highest BCUT2D eigenvalue weighted by molar-refractivity contribution is 7.92. The van der Waals surface area contributed by atoms with Crippen LogP contribution in [0.4, 0.5) is 11.4 Å². The van der Waals surface area contributed by atoms with Crippen LogP contribution in [0.25, 0.3) is 5.65 Å². The average molecular weight is 486 g/mol. The molecule has 0 fully saturated rings. The molecular weight excluding hydrogens is 466 g/mol. The number of anilines is 2. The topological polar surface area (TPSA) is 115 Å². The smallest absolute Gasteiger partial charge is 0.265 e. The van der Waals surface area contributed by atoms with Gasteiger partial charge < -0.3 is 10.1 Å². The molecular formula is C22H20ClN5O4S. The van der Waals surface area contributed by atoms with Gasteiger partial charge in [0.1, 0.15) is 16.2 Å². The number of carbonyl (C=O) groups excluding carboxylic acids is 1. The number of amides is 1. The summed E-state index contributed by atoms with van der Waals surface area (Å²) in [6.07, 6.45) is 1.42. The van der Waals surface area contributed by atoms with Gasteiger partial charge in [-0.1, -0.05) is 23.7 Å². The quantitative estimate of drug-likeness (QED) is 0.425. The number of hydrogen-bond acceptors (Lipinski definition) is 6. The van der Waals surface area contributed by atoms with Crippen LogP contribution in [0.2, 0.25) is 5.02 Å². The van der Waals surface area contributed by atoms with E-state index in [0.29, 0.717) is 5.65 Å². The standard InChI is InChI=1S/C22H20ClN5O4S/c1-13-10-14(2)28-21(25-13)16(12-24-28)22(29)26-15-8-9-19(32-3)20(11-15)33(30,31)27-18-7-5-4-6-17(18)23/h4-12,27H,1-3H3,(H,26,29). The zero-order valence-electron chi connectivity index (χ0n) is 18.0. The Morgan fingerprint density at radius 1 is 1.12 bits per heavy atom. The summed E-state index contributed by atoms with van der Waals surface area (Å²) in [5.41, 5.74) is 2.73. The minimum absolute atomic E-state index is 0.108. The fourth-order valence-electron chi connectivity index (χ4n) is 3.34. The SMILES string of the molecule is COc1ccc(NC(=O)c2cnn3c(C)cc(C)nc23)cc1S(=O)(=O)Nc1ccccc1Cl. The Morgan fingerprint density at radius 3 is 2.61 bits per heavy atom. The molecule has 170 valence electrons. The first-order valence-corrected chi connectivity index (χ1v) is 11.6. The summed E-state index contributed by atoms with van der Waals surface area (Å²) in [4.78, 5) is 17.2. The van der Waals surface area contributed by atoms with Crippen LogP contribution >= 0.6 is 11.6 Å². The van der Waals surface area contributed by atoms with Crippen LogP contribution in [0.15, 0.2) is 59.6 Å². The van der Waals surface area contributed by atoms with Crippen molar-refractivity contribution in [2.75, 3.05) is 17.1 Å². The Hall–Kier alpha value is -3.63. The minimum atomic E-state index is -4.08. The zero-order valence-corrected chi connectivity index (χ0v) is 19.5. The van der Waals surface area contributed by atoms with Gasteiger partial charge in [0.15, 0.2) is 5.65 Å². The number of fused-ring (bicyclic) bond motifs is 1. The summed E-state index contributed by atoms with van der Waals surface area (Å²) < 4.78 is 35.4. The van der Waals surface area contributed by atoms with Crippen molar-refractivity contribution in [2.24, 2.45) is 0 Å². The van der Waals surface area contributed by atoms with Gasteiger partial charge >= 0.3 is 0 Å². The molecule has 2 aromatic carbocycles. The van der Waals surface area contributed by atoms with Gasteiger partial charge in [-0.15, -0.1) is 0 Å². The summed E-state index contributed by atoms with van der Waals surface area (Å²) in [5.74, 6) is -0.369. The average Bonchev–Trinajstić information content (AvgIpc) is 3.19. The summed E-state index contributed by atoms with van der Waals surface area (Å²) >= 11 is 6.09. The molecule has 0 saturated carbocycles.